The normalized spacial score (nSPS) is 27.4. The summed E-state index contributed by atoms with van der Waals surface area (Å²) >= 11 is 0. The van der Waals surface area contributed by atoms with Crippen molar-refractivity contribution in [2.45, 2.75) is 38.0 Å². The fraction of sp³-hybridized carbons (Fsp3) is 0.529. The van der Waals surface area contributed by atoms with Gasteiger partial charge in [0.15, 0.2) is 0 Å². The van der Waals surface area contributed by atoms with Gasteiger partial charge in [0.1, 0.15) is 17.4 Å². The molecular weight excluding hydrogens is 294 g/mol. The molecule has 0 bridgehead atoms. The summed E-state index contributed by atoms with van der Waals surface area (Å²) in [6.45, 7) is 3.07. The van der Waals surface area contributed by atoms with Crippen LogP contribution in [0.1, 0.15) is 29.0 Å². The monoisotopic (exact) mass is 315 g/mol. The van der Waals surface area contributed by atoms with Gasteiger partial charge in [-0.1, -0.05) is 6.07 Å². The predicted octanol–water partition coefficient (Wildman–Crippen LogP) is 1.66. The summed E-state index contributed by atoms with van der Waals surface area (Å²) < 4.78 is 13.3. The molecule has 6 nitrogen and oxygen atoms in total. The molecule has 0 unspecified atom stereocenters. The number of rotatable bonds is 2. The van der Waals surface area contributed by atoms with Crippen LogP contribution in [-0.2, 0) is 9.47 Å². The third-order valence-electron chi connectivity index (χ3n) is 5.01. The molecule has 0 radical (unpaired) electrons. The molecule has 1 saturated carbocycles. The second kappa shape index (κ2) is 5.62. The van der Waals surface area contributed by atoms with Gasteiger partial charge in [0.2, 0.25) is 0 Å². The van der Waals surface area contributed by atoms with E-state index in [1.807, 2.05) is 40.6 Å². The smallest absolute Gasteiger partial charge is 0.273 e. The Kier molecular flexibility index (Phi) is 3.58. The topological polar surface area (TPSA) is 56.1 Å². The maximum absolute atomic E-state index is 13.2. The number of fused-ring (bicyclic) bond motifs is 2. The standard InChI is InChI=1S/C17H21N3O3/c1-11-15(20-8-4-3-5-14(20)18-11)17(21)19-9-10-23-16-12(19)6-7-13(16)22-2/h3-5,8,12-13,16H,6-7,9-10H2,1-2H3/t12-,13+,16+/m0/s1. The summed E-state index contributed by atoms with van der Waals surface area (Å²) in [6, 6.07) is 5.86. The zero-order valence-corrected chi connectivity index (χ0v) is 13.4. The van der Waals surface area contributed by atoms with Gasteiger partial charge in [0, 0.05) is 19.9 Å². The molecule has 4 rings (SSSR count). The minimum atomic E-state index is -0.0165. The van der Waals surface area contributed by atoms with Crippen LogP contribution in [0.15, 0.2) is 24.4 Å². The number of aryl methyl sites for hydroxylation is 1. The van der Waals surface area contributed by atoms with E-state index in [-0.39, 0.29) is 24.2 Å². The van der Waals surface area contributed by atoms with Gasteiger partial charge in [-0.15, -0.1) is 0 Å². The molecule has 1 amide bonds. The summed E-state index contributed by atoms with van der Waals surface area (Å²) in [4.78, 5) is 19.7. The second-order valence-corrected chi connectivity index (χ2v) is 6.23. The first kappa shape index (κ1) is 14.7. The first-order valence-electron chi connectivity index (χ1n) is 8.09. The van der Waals surface area contributed by atoms with Gasteiger partial charge in [0.25, 0.3) is 5.91 Å². The first-order valence-corrected chi connectivity index (χ1v) is 8.09. The van der Waals surface area contributed by atoms with Crippen molar-refractivity contribution in [3.8, 4) is 0 Å². The SMILES string of the molecule is CO[C@@H]1CC[C@H]2[C@H]1OCCN2C(=O)c1c(C)nc2ccccn12. The van der Waals surface area contributed by atoms with Gasteiger partial charge in [0.05, 0.1) is 24.4 Å². The Morgan fingerprint density at radius 2 is 2.26 bits per heavy atom. The van der Waals surface area contributed by atoms with E-state index in [4.69, 9.17) is 9.47 Å². The van der Waals surface area contributed by atoms with E-state index in [9.17, 15) is 4.79 Å². The van der Waals surface area contributed by atoms with Gasteiger partial charge < -0.3 is 14.4 Å². The van der Waals surface area contributed by atoms with Crippen LogP contribution in [0.3, 0.4) is 0 Å². The number of methoxy groups -OCH3 is 1. The molecule has 3 heterocycles. The molecule has 2 aromatic rings. The Morgan fingerprint density at radius 1 is 1.39 bits per heavy atom. The second-order valence-electron chi connectivity index (χ2n) is 6.23. The van der Waals surface area contributed by atoms with Crippen molar-refractivity contribution in [3.05, 3.63) is 35.8 Å². The Bertz CT molecular complexity index is 742. The highest BCUT2D eigenvalue weighted by molar-refractivity contribution is 5.95. The van der Waals surface area contributed by atoms with Crippen molar-refractivity contribution in [3.63, 3.8) is 0 Å². The first-order chi connectivity index (χ1) is 11.2. The highest BCUT2D eigenvalue weighted by Gasteiger charge is 2.45. The van der Waals surface area contributed by atoms with Crippen LogP contribution in [0.25, 0.3) is 5.65 Å². The number of pyridine rings is 1. The summed E-state index contributed by atoms with van der Waals surface area (Å²) in [7, 11) is 1.71. The lowest BCUT2D eigenvalue weighted by molar-refractivity contribution is -0.0947. The summed E-state index contributed by atoms with van der Waals surface area (Å²) in [5, 5.41) is 0. The summed E-state index contributed by atoms with van der Waals surface area (Å²) in [5.41, 5.74) is 2.23. The van der Waals surface area contributed by atoms with Crippen LogP contribution >= 0.6 is 0 Å². The van der Waals surface area contributed by atoms with E-state index in [0.29, 0.717) is 18.8 Å². The van der Waals surface area contributed by atoms with Gasteiger partial charge >= 0.3 is 0 Å². The van der Waals surface area contributed by atoms with E-state index in [0.717, 1.165) is 24.2 Å². The van der Waals surface area contributed by atoms with Gasteiger partial charge in [-0.25, -0.2) is 4.98 Å². The number of nitrogens with zero attached hydrogens (tertiary/aromatic N) is 3. The van der Waals surface area contributed by atoms with Crippen LogP contribution in [0.2, 0.25) is 0 Å². The molecule has 0 spiro atoms. The quantitative estimate of drug-likeness (QED) is 0.846. The molecule has 0 N–H and O–H groups in total. The molecule has 2 fully saturated rings. The lowest BCUT2D eigenvalue weighted by Crippen LogP contribution is -2.54. The Balaban J connectivity index is 1.69. The number of carbonyl (C=O) groups excluding carboxylic acids is 1. The van der Waals surface area contributed by atoms with Crippen molar-refractivity contribution in [2.75, 3.05) is 20.3 Å². The number of ether oxygens (including phenoxy) is 2. The number of hydrogen-bond acceptors (Lipinski definition) is 4. The highest BCUT2D eigenvalue weighted by atomic mass is 16.5. The van der Waals surface area contributed by atoms with E-state index < -0.39 is 0 Å². The molecule has 1 saturated heterocycles. The Morgan fingerprint density at radius 3 is 3.09 bits per heavy atom. The molecule has 23 heavy (non-hydrogen) atoms. The van der Waals surface area contributed by atoms with E-state index >= 15 is 0 Å². The minimum absolute atomic E-state index is 0.0165. The Hall–Kier alpha value is -1.92. The average Bonchev–Trinajstić information content (AvgIpc) is 3.13. The summed E-state index contributed by atoms with van der Waals surface area (Å²) in [6.07, 6.45) is 3.82. The van der Waals surface area contributed by atoms with Crippen molar-refractivity contribution >= 4 is 11.6 Å². The number of imidazole rings is 1. The number of hydrogen-bond donors (Lipinski definition) is 0. The van der Waals surface area contributed by atoms with Gasteiger partial charge in [-0.3, -0.25) is 9.20 Å². The average molecular weight is 315 g/mol. The third-order valence-corrected chi connectivity index (χ3v) is 5.01. The molecule has 1 aliphatic heterocycles. The van der Waals surface area contributed by atoms with Gasteiger partial charge in [-0.2, -0.15) is 0 Å². The molecule has 0 aromatic carbocycles. The molecule has 1 aliphatic carbocycles. The van der Waals surface area contributed by atoms with Crippen LogP contribution < -0.4 is 0 Å². The molecule has 3 atom stereocenters. The van der Waals surface area contributed by atoms with E-state index in [2.05, 4.69) is 4.98 Å². The molecule has 2 aromatic heterocycles. The largest absolute Gasteiger partial charge is 0.379 e. The third kappa shape index (κ3) is 2.24. The number of morpholine rings is 1. The van der Waals surface area contributed by atoms with Crippen molar-refractivity contribution in [1.82, 2.24) is 14.3 Å². The van der Waals surface area contributed by atoms with E-state index in [1.165, 1.54) is 0 Å². The number of amides is 1. The fourth-order valence-electron chi connectivity index (χ4n) is 3.93. The van der Waals surface area contributed by atoms with Crippen LogP contribution in [0, 0.1) is 6.92 Å². The highest BCUT2D eigenvalue weighted by Crippen LogP contribution is 2.33. The maximum Gasteiger partial charge on any atom is 0.273 e. The van der Waals surface area contributed by atoms with E-state index in [1.54, 1.807) is 7.11 Å². The zero-order valence-electron chi connectivity index (χ0n) is 13.4. The van der Waals surface area contributed by atoms with Crippen LogP contribution in [0.4, 0.5) is 0 Å². The van der Waals surface area contributed by atoms with Crippen molar-refractivity contribution < 1.29 is 14.3 Å². The fourth-order valence-corrected chi connectivity index (χ4v) is 3.93. The zero-order chi connectivity index (χ0) is 16.0. The number of aromatic nitrogens is 2. The minimum Gasteiger partial charge on any atom is -0.379 e. The maximum atomic E-state index is 13.2. The molecular formula is C17H21N3O3. The van der Waals surface area contributed by atoms with Crippen molar-refractivity contribution in [1.29, 1.82) is 0 Å². The van der Waals surface area contributed by atoms with Gasteiger partial charge in [-0.05, 0) is 31.9 Å². The number of carbonyl (C=O) groups is 1. The summed E-state index contributed by atoms with van der Waals surface area (Å²) in [5.74, 6) is 0.0382. The predicted molar refractivity (Wildman–Crippen MR) is 84.5 cm³/mol. The van der Waals surface area contributed by atoms with Crippen molar-refractivity contribution in [2.24, 2.45) is 0 Å². The molecule has 6 heteroatoms. The van der Waals surface area contributed by atoms with Crippen LogP contribution in [0.5, 0.6) is 0 Å². The molecule has 122 valence electrons. The van der Waals surface area contributed by atoms with Crippen LogP contribution in [-0.4, -0.2) is 58.7 Å². The lowest BCUT2D eigenvalue weighted by Gasteiger charge is -2.38. The lowest BCUT2D eigenvalue weighted by atomic mass is 10.1. The Labute approximate surface area is 135 Å². The molecule has 2 aliphatic rings.